The maximum absolute atomic E-state index is 13.1. The predicted molar refractivity (Wildman–Crippen MR) is 118 cm³/mol. The SMILES string of the molecule is Cc1ccn(-c2ccc3c(c2)OCO3)c(=O)c1C(=O)NCCc1nc(C)c2c(n1)CCC2. The van der Waals surface area contributed by atoms with Gasteiger partial charge in [0, 0.05) is 36.6 Å². The summed E-state index contributed by atoms with van der Waals surface area (Å²) in [4.78, 5) is 35.3. The van der Waals surface area contributed by atoms with Crippen molar-refractivity contribution in [2.24, 2.45) is 0 Å². The van der Waals surface area contributed by atoms with Crippen LogP contribution in [0.4, 0.5) is 0 Å². The number of rotatable bonds is 5. The summed E-state index contributed by atoms with van der Waals surface area (Å²) < 4.78 is 12.2. The smallest absolute Gasteiger partial charge is 0.268 e. The summed E-state index contributed by atoms with van der Waals surface area (Å²) >= 11 is 0. The Balaban J connectivity index is 1.33. The van der Waals surface area contributed by atoms with Crippen molar-refractivity contribution in [1.82, 2.24) is 19.9 Å². The van der Waals surface area contributed by atoms with Crippen LogP contribution in [-0.2, 0) is 19.3 Å². The highest BCUT2D eigenvalue weighted by Crippen LogP contribution is 2.33. The maximum Gasteiger partial charge on any atom is 0.268 e. The fourth-order valence-corrected chi connectivity index (χ4v) is 4.31. The number of hydrogen-bond donors (Lipinski definition) is 1. The van der Waals surface area contributed by atoms with E-state index >= 15 is 0 Å². The first-order valence-corrected chi connectivity index (χ1v) is 10.8. The highest BCUT2D eigenvalue weighted by Gasteiger charge is 2.20. The Labute approximate surface area is 185 Å². The summed E-state index contributed by atoms with van der Waals surface area (Å²) in [7, 11) is 0. The standard InChI is InChI=1S/C24H24N4O4/c1-14-9-11-28(16-6-7-19-20(12-16)32-13-31-19)24(30)22(14)23(29)25-10-8-21-26-15(2)17-4-3-5-18(17)27-21/h6-7,9,11-12H,3-5,8,10,13H2,1-2H3,(H,25,29). The molecule has 0 fully saturated rings. The monoisotopic (exact) mass is 432 g/mol. The van der Waals surface area contributed by atoms with E-state index in [0.29, 0.717) is 35.7 Å². The second-order valence-electron chi connectivity index (χ2n) is 8.10. The zero-order valence-electron chi connectivity index (χ0n) is 18.1. The van der Waals surface area contributed by atoms with Gasteiger partial charge in [-0.05, 0) is 62.4 Å². The van der Waals surface area contributed by atoms with Crippen LogP contribution >= 0.6 is 0 Å². The third-order valence-corrected chi connectivity index (χ3v) is 5.98. The number of ether oxygens (including phenoxy) is 2. The molecule has 8 heteroatoms. The highest BCUT2D eigenvalue weighted by atomic mass is 16.7. The van der Waals surface area contributed by atoms with Crippen molar-refractivity contribution in [2.45, 2.75) is 39.5 Å². The second kappa shape index (κ2) is 8.11. The molecule has 32 heavy (non-hydrogen) atoms. The van der Waals surface area contributed by atoms with E-state index in [9.17, 15) is 9.59 Å². The molecular formula is C24H24N4O4. The van der Waals surface area contributed by atoms with Crippen LogP contribution in [0.2, 0.25) is 0 Å². The van der Waals surface area contributed by atoms with Crippen LogP contribution in [0.1, 0.15) is 45.1 Å². The number of carbonyl (C=O) groups excluding carboxylic acids is 1. The van der Waals surface area contributed by atoms with Crippen molar-refractivity contribution in [2.75, 3.05) is 13.3 Å². The van der Waals surface area contributed by atoms with Crippen LogP contribution in [0, 0.1) is 13.8 Å². The number of aromatic nitrogens is 3. The molecule has 8 nitrogen and oxygen atoms in total. The zero-order chi connectivity index (χ0) is 22.2. The molecule has 5 rings (SSSR count). The molecule has 2 aliphatic rings. The molecule has 0 radical (unpaired) electrons. The number of aryl methyl sites for hydroxylation is 3. The van der Waals surface area contributed by atoms with Gasteiger partial charge in [0.15, 0.2) is 11.5 Å². The molecule has 0 saturated heterocycles. The van der Waals surface area contributed by atoms with Crippen molar-refractivity contribution < 1.29 is 14.3 Å². The number of benzene rings is 1. The van der Waals surface area contributed by atoms with Gasteiger partial charge in [0.2, 0.25) is 6.79 Å². The summed E-state index contributed by atoms with van der Waals surface area (Å²) in [6.07, 6.45) is 5.32. The van der Waals surface area contributed by atoms with Gasteiger partial charge in [0.25, 0.3) is 11.5 Å². The largest absolute Gasteiger partial charge is 0.454 e. The molecule has 1 amide bonds. The van der Waals surface area contributed by atoms with Gasteiger partial charge in [-0.15, -0.1) is 0 Å². The zero-order valence-corrected chi connectivity index (χ0v) is 18.1. The lowest BCUT2D eigenvalue weighted by Gasteiger charge is -2.12. The number of carbonyl (C=O) groups is 1. The molecule has 1 aliphatic heterocycles. The summed E-state index contributed by atoms with van der Waals surface area (Å²) in [5.74, 6) is 1.54. The Morgan fingerprint density at radius 2 is 1.97 bits per heavy atom. The molecule has 3 aromatic rings. The average Bonchev–Trinajstić information content (AvgIpc) is 3.43. The number of amides is 1. The lowest BCUT2D eigenvalue weighted by atomic mass is 10.1. The van der Waals surface area contributed by atoms with Crippen LogP contribution in [0.3, 0.4) is 0 Å². The van der Waals surface area contributed by atoms with E-state index in [4.69, 9.17) is 9.47 Å². The summed E-state index contributed by atoms with van der Waals surface area (Å²) in [6, 6.07) is 7.00. The van der Waals surface area contributed by atoms with Crippen molar-refractivity contribution >= 4 is 5.91 Å². The van der Waals surface area contributed by atoms with Crippen LogP contribution in [-0.4, -0.2) is 33.8 Å². The van der Waals surface area contributed by atoms with Crippen molar-refractivity contribution in [3.63, 3.8) is 0 Å². The molecule has 1 aromatic carbocycles. The molecule has 1 N–H and O–H groups in total. The Kier molecular flexibility index (Phi) is 5.13. The van der Waals surface area contributed by atoms with Crippen LogP contribution < -0.4 is 20.3 Å². The first-order chi connectivity index (χ1) is 15.5. The van der Waals surface area contributed by atoms with Gasteiger partial charge in [-0.25, -0.2) is 9.97 Å². The minimum atomic E-state index is -0.402. The average molecular weight is 432 g/mol. The Bertz CT molecular complexity index is 1280. The van der Waals surface area contributed by atoms with E-state index < -0.39 is 5.91 Å². The van der Waals surface area contributed by atoms with Crippen molar-refractivity contribution in [1.29, 1.82) is 0 Å². The van der Waals surface area contributed by atoms with Gasteiger partial charge in [-0.2, -0.15) is 0 Å². The van der Waals surface area contributed by atoms with Crippen LogP contribution in [0.25, 0.3) is 5.69 Å². The molecule has 0 spiro atoms. The minimum absolute atomic E-state index is 0.121. The van der Waals surface area contributed by atoms with Gasteiger partial charge in [0.1, 0.15) is 11.4 Å². The topological polar surface area (TPSA) is 95.3 Å². The van der Waals surface area contributed by atoms with E-state index in [2.05, 4.69) is 15.3 Å². The van der Waals surface area contributed by atoms with Crippen molar-refractivity contribution in [3.05, 3.63) is 74.7 Å². The van der Waals surface area contributed by atoms with Gasteiger partial charge in [-0.1, -0.05) is 0 Å². The fourth-order valence-electron chi connectivity index (χ4n) is 4.31. The Morgan fingerprint density at radius 3 is 2.84 bits per heavy atom. The lowest BCUT2D eigenvalue weighted by molar-refractivity contribution is 0.0951. The van der Waals surface area contributed by atoms with E-state index in [1.54, 1.807) is 37.4 Å². The van der Waals surface area contributed by atoms with E-state index in [1.807, 2.05) is 6.92 Å². The van der Waals surface area contributed by atoms with Gasteiger partial charge < -0.3 is 14.8 Å². The highest BCUT2D eigenvalue weighted by molar-refractivity contribution is 5.95. The van der Waals surface area contributed by atoms with Gasteiger partial charge >= 0.3 is 0 Å². The second-order valence-corrected chi connectivity index (χ2v) is 8.10. The molecule has 2 aromatic heterocycles. The van der Waals surface area contributed by atoms with E-state index in [1.165, 1.54) is 10.1 Å². The molecule has 0 atom stereocenters. The fraction of sp³-hybridized carbons (Fsp3) is 0.333. The number of nitrogens with one attached hydrogen (secondary N) is 1. The summed E-state index contributed by atoms with van der Waals surface area (Å²) in [6.45, 7) is 4.28. The van der Waals surface area contributed by atoms with Crippen molar-refractivity contribution in [3.8, 4) is 17.2 Å². The number of pyridine rings is 1. The first-order valence-electron chi connectivity index (χ1n) is 10.8. The van der Waals surface area contributed by atoms with E-state index in [0.717, 1.165) is 36.5 Å². The Morgan fingerprint density at radius 1 is 1.12 bits per heavy atom. The number of fused-ring (bicyclic) bond motifs is 2. The number of hydrogen-bond acceptors (Lipinski definition) is 6. The molecule has 0 saturated carbocycles. The number of nitrogens with zero attached hydrogens (tertiary/aromatic N) is 3. The first kappa shape index (κ1) is 20.2. The minimum Gasteiger partial charge on any atom is -0.454 e. The summed E-state index contributed by atoms with van der Waals surface area (Å²) in [5, 5.41) is 2.86. The molecule has 164 valence electrons. The lowest BCUT2D eigenvalue weighted by Crippen LogP contribution is -2.34. The third-order valence-electron chi connectivity index (χ3n) is 5.98. The summed E-state index contributed by atoms with van der Waals surface area (Å²) in [5.41, 5.74) is 4.39. The molecular weight excluding hydrogens is 408 g/mol. The van der Waals surface area contributed by atoms with Crippen LogP contribution in [0.5, 0.6) is 11.5 Å². The Hall–Kier alpha value is -3.68. The van der Waals surface area contributed by atoms with Gasteiger partial charge in [-0.3, -0.25) is 14.2 Å². The van der Waals surface area contributed by atoms with Crippen LogP contribution in [0.15, 0.2) is 35.3 Å². The predicted octanol–water partition coefficient (Wildman–Crippen LogP) is 2.43. The molecule has 1 aliphatic carbocycles. The molecule has 3 heterocycles. The van der Waals surface area contributed by atoms with E-state index in [-0.39, 0.29) is 17.9 Å². The quantitative estimate of drug-likeness (QED) is 0.665. The third kappa shape index (κ3) is 3.62. The maximum atomic E-state index is 13.1. The normalized spacial score (nSPS) is 13.8. The molecule has 0 bridgehead atoms. The van der Waals surface area contributed by atoms with Gasteiger partial charge in [0.05, 0.1) is 5.69 Å². The molecule has 0 unspecified atom stereocenters.